The second kappa shape index (κ2) is 7.66. The molecule has 0 radical (unpaired) electrons. The van der Waals surface area contributed by atoms with Crippen LogP contribution in [0.5, 0.6) is 0 Å². The van der Waals surface area contributed by atoms with E-state index in [1.54, 1.807) is 0 Å². The van der Waals surface area contributed by atoms with Crippen molar-refractivity contribution in [3.05, 3.63) is 35.9 Å². The molecule has 130 valence electrons. The van der Waals surface area contributed by atoms with Crippen molar-refractivity contribution in [2.24, 2.45) is 0 Å². The van der Waals surface area contributed by atoms with Gasteiger partial charge in [0.1, 0.15) is 5.54 Å². The lowest BCUT2D eigenvalue weighted by atomic mass is 9.96. The third-order valence-corrected chi connectivity index (χ3v) is 4.94. The summed E-state index contributed by atoms with van der Waals surface area (Å²) < 4.78 is 0. The predicted octanol–water partition coefficient (Wildman–Crippen LogP) is 1.28. The van der Waals surface area contributed by atoms with Gasteiger partial charge in [-0.15, -0.1) is 0 Å². The Morgan fingerprint density at radius 1 is 1.17 bits per heavy atom. The van der Waals surface area contributed by atoms with Gasteiger partial charge in [-0.1, -0.05) is 43.2 Å². The van der Waals surface area contributed by atoms with Gasteiger partial charge in [0, 0.05) is 19.1 Å². The summed E-state index contributed by atoms with van der Waals surface area (Å²) >= 11 is 0. The number of carbonyl (C=O) groups excluding carboxylic acids is 2. The number of carbonyl (C=O) groups is 2. The molecular formula is C18H26N4O2. The first-order chi connectivity index (χ1) is 11.7. The van der Waals surface area contributed by atoms with E-state index in [-0.39, 0.29) is 18.0 Å². The maximum atomic E-state index is 12.8. The molecule has 3 amide bonds. The molecule has 6 heteroatoms. The number of hydrogen-bond acceptors (Lipinski definition) is 3. The molecule has 1 aromatic carbocycles. The molecule has 6 nitrogen and oxygen atoms in total. The summed E-state index contributed by atoms with van der Waals surface area (Å²) in [5.41, 5.74) is 0.276. The van der Waals surface area contributed by atoms with Gasteiger partial charge in [0.25, 0.3) is 0 Å². The van der Waals surface area contributed by atoms with Gasteiger partial charge in [0.2, 0.25) is 5.91 Å². The summed E-state index contributed by atoms with van der Waals surface area (Å²) in [5.74, 6) is -0.0384. The van der Waals surface area contributed by atoms with Crippen LogP contribution < -0.4 is 21.3 Å². The fourth-order valence-electron chi connectivity index (χ4n) is 3.53. The second-order valence-electron chi connectivity index (χ2n) is 6.75. The molecular weight excluding hydrogens is 304 g/mol. The van der Waals surface area contributed by atoms with E-state index in [2.05, 4.69) is 21.3 Å². The second-order valence-corrected chi connectivity index (χ2v) is 6.75. The smallest absolute Gasteiger partial charge is 0.315 e. The molecule has 0 spiro atoms. The van der Waals surface area contributed by atoms with Crippen LogP contribution in [0.15, 0.2) is 30.3 Å². The topological polar surface area (TPSA) is 82.3 Å². The molecule has 1 unspecified atom stereocenters. The molecule has 3 rings (SSSR count). The number of rotatable bonds is 5. The predicted molar refractivity (Wildman–Crippen MR) is 92.4 cm³/mol. The van der Waals surface area contributed by atoms with Gasteiger partial charge in [0.05, 0.1) is 0 Å². The highest BCUT2D eigenvalue weighted by atomic mass is 16.2. The highest BCUT2D eigenvalue weighted by molar-refractivity contribution is 5.91. The molecule has 1 aromatic rings. The number of urea groups is 1. The van der Waals surface area contributed by atoms with E-state index in [0.717, 1.165) is 37.9 Å². The largest absolute Gasteiger partial charge is 0.350 e. The molecule has 1 aliphatic carbocycles. The molecule has 1 atom stereocenters. The first-order valence-corrected chi connectivity index (χ1v) is 8.80. The summed E-state index contributed by atoms with van der Waals surface area (Å²) in [4.78, 5) is 25.1. The van der Waals surface area contributed by atoms with Crippen LogP contribution in [0.4, 0.5) is 4.79 Å². The van der Waals surface area contributed by atoms with E-state index in [0.29, 0.717) is 19.4 Å². The van der Waals surface area contributed by atoms with Gasteiger partial charge in [-0.25, -0.2) is 4.79 Å². The van der Waals surface area contributed by atoms with Crippen LogP contribution in [-0.4, -0.2) is 36.6 Å². The van der Waals surface area contributed by atoms with Crippen molar-refractivity contribution in [3.63, 3.8) is 0 Å². The van der Waals surface area contributed by atoms with Gasteiger partial charge in [-0.05, 0) is 31.4 Å². The van der Waals surface area contributed by atoms with Gasteiger partial charge in [-0.3, -0.25) is 4.79 Å². The fraction of sp³-hybridized carbons (Fsp3) is 0.556. The van der Waals surface area contributed by atoms with Crippen molar-refractivity contribution < 1.29 is 9.59 Å². The molecule has 1 aliphatic heterocycles. The maximum Gasteiger partial charge on any atom is 0.315 e. The van der Waals surface area contributed by atoms with Crippen LogP contribution in [0.2, 0.25) is 0 Å². The van der Waals surface area contributed by atoms with Crippen LogP contribution >= 0.6 is 0 Å². The summed E-state index contributed by atoms with van der Waals surface area (Å²) in [5, 5.41) is 12.2. The zero-order chi connectivity index (χ0) is 16.8. The Bertz CT molecular complexity index is 564. The Balaban J connectivity index is 1.56. The molecule has 0 aromatic heterocycles. The van der Waals surface area contributed by atoms with Crippen molar-refractivity contribution in [2.45, 2.75) is 50.2 Å². The van der Waals surface area contributed by atoms with Crippen LogP contribution in [-0.2, 0) is 11.3 Å². The van der Waals surface area contributed by atoms with Crippen molar-refractivity contribution in [2.75, 3.05) is 13.1 Å². The van der Waals surface area contributed by atoms with E-state index in [9.17, 15) is 9.59 Å². The van der Waals surface area contributed by atoms with Crippen molar-refractivity contribution in [1.29, 1.82) is 0 Å². The van der Waals surface area contributed by atoms with E-state index in [4.69, 9.17) is 0 Å². The SMILES string of the molecule is O=C(NCc1ccccc1)NC1(C(=O)NC2CCNC2)CCCC1. The molecule has 1 saturated heterocycles. The first-order valence-electron chi connectivity index (χ1n) is 8.80. The average molecular weight is 330 g/mol. The molecule has 1 heterocycles. The van der Waals surface area contributed by atoms with Crippen molar-refractivity contribution >= 4 is 11.9 Å². The zero-order valence-electron chi connectivity index (χ0n) is 13.9. The summed E-state index contributed by atoms with van der Waals surface area (Å²) in [6.45, 7) is 2.20. The molecule has 0 bridgehead atoms. The highest BCUT2D eigenvalue weighted by Gasteiger charge is 2.43. The van der Waals surface area contributed by atoms with Crippen molar-refractivity contribution in [1.82, 2.24) is 21.3 Å². The lowest BCUT2D eigenvalue weighted by Gasteiger charge is -2.30. The standard InChI is InChI=1S/C18H26N4O2/c23-16(21-15-8-11-19-13-15)18(9-4-5-10-18)22-17(24)20-12-14-6-2-1-3-7-14/h1-3,6-7,15,19H,4-5,8-13H2,(H,21,23)(H2,20,22,24). The number of hydrogen-bond donors (Lipinski definition) is 4. The van der Waals surface area contributed by atoms with Crippen LogP contribution in [0.1, 0.15) is 37.7 Å². The van der Waals surface area contributed by atoms with Gasteiger partial charge < -0.3 is 21.3 Å². The quantitative estimate of drug-likeness (QED) is 0.656. The molecule has 4 N–H and O–H groups in total. The Labute approximate surface area is 142 Å². The lowest BCUT2D eigenvalue weighted by molar-refractivity contribution is -0.127. The summed E-state index contributed by atoms with van der Waals surface area (Å²) in [7, 11) is 0. The normalized spacial score (nSPS) is 22.1. The van der Waals surface area contributed by atoms with E-state index in [1.807, 2.05) is 30.3 Å². The Kier molecular flexibility index (Phi) is 5.35. The summed E-state index contributed by atoms with van der Waals surface area (Å²) in [6, 6.07) is 9.65. The number of nitrogens with one attached hydrogen (secondary N) is 4. The highest BCUT2D eigenvalue weighted by Crippen LogP contribution is 2.30. The monoisotopic (exact) mass is 330 g/mol. The molecule has 1 saturated carbocycles. The van der Waals surface area contributed by atoms with Gasteiger partial charge >= 0.3 is 6.03 Å². The number of amides is 3. The van der Waals surface area contributed by atoms with Crippen molar-refractivity contribution in [3.8, 4) is 0 Å². The fourth-order valence-corrected chi connectivity index (χ4v) is 3.53. The Morgan fingerprint density at radius 3 is 2.58 bits per heavy atom. The first kappa shape index (κ1) is 16.8. The van der Waals surface area contributed by atoms with Crippen LogP contribution in [0, 0.1) is 0 Å². The minimum Gasteiger partial charge on any atom is -0.350 e. The van der Waals surface area contributed by atoms with Gasteiger partial charge in [0.15, 0.2) is 0 Å². The Hall–Kier alpha value is -2.08. The van der Waals surface area contributed by atoms with E-state index in [1.165, 1.54) is 0 Å². The van der Waals surface area contributed by atoms with Crippen LogP contribution in [0.3, 0.4) is 0 Å². The molecule has 24 heavy (non-hydrogen) atoms. The maximum absolute atomic E-state index is 12.8. The summed E-state index contributed by atoms with van der Waals surface area (Å²) in [6.07, 6.45) is 4.29. The Morgan fingerprint density at radius 2 is 1.92 bits per heavy atom. The van der Waals surface area contributed by atoms with Crippen LogP contribution in [0.25, 0.3) is 0 Å². The van der Waals surface area contributed by atoms with Gasteiger partial charge in [-0.2, -0.15) is 0 Å². The molecule has 2 aliphatic rings. The minimum atomic E-state index is -0.761. The average Bonchev–Trinajstić information content (AvgIpc) is 3.26. The van der Waals surface area contributed by atoms with E-state index < -0.39 is 5.54 Å². The number of benzene rings is 1. The lowest BCUT2D eigenvalue weighted by Crippen LogP contribution is -2.60. The van der Waals surface area contributed by atoms with E-state index >= 15 is 0 Å². The third-order valence-electron chi connectivity index (χ3n) is 4.94. The minimum absolute atomic E-state index is 0.0384. The molecule has 2 fully saturated rings. The zero-order valence-corrected chi connectivity index (χ0v) is 13.9. The third kappa shape index (κ3) is 4.06.